The molecular formula is C18H21BrN6O2S. The van der Waals surface area contributed by atoms with Gasteiger partial charge in [0.2, 0.25) is 10.0 Å². The summed E-state index contributed by atoms with van der Waals surface area (Å²) in [6.07, 6.45) is 0. The van der Waals surface area contributed by atoms with Crippen LogP contribution < -0.4 is 10.0 Å². The van der Waals surface area contributed by atoms with Gasteiger partial charge in [-0.25, -0.2) is 27.8 Å². The number of sulfonamides is 1. The summed E-state index contributed by atoms with van der Waals surface area (Å²) in [5.41, 5.74) is 1.88. The summed E-state index contributed by atoms with van der Waals surface area (Å²) in [5, 5.41) is 7.57. The molecule has 28 heavy (non-hydrogen) atoms. The number of rotatable bonds is 7. The zero-order valence-electron chi connectivity index (χ0n) is 15.8. The molecule has 1 aromatic carbocycles. The molecule has 148 valence electrons. The zero-order chi connectivity index (χ0) is 20.3. The Bertz CT molecular complexity index is 1100. The second-order valence-electron chi connectivity index (χ2n) is 6.25. The Labute approximate surface area is 172 Å². The first kappa shape index (κ1) is 20.4. The van der Waals surface area contributed by atoms with E-state index in [-0.39, 0.29) is 11.4 Å². The first-order valence-corrected chi connectivity index (χ1v) is 10.9. The number of benzene rings is 1. The van der Waals surface area contributed by atoms with Crippen molar-refractivity contribution in [3.63, 3.8) is 0 Å². The average Bonchev–Trinajstić information content (AvgIpc) is 2.97. The summed E-state index contributed by atoms with van der Waals surface area (Å²) in [7, 11) is -3.59. The van der Waals surface area contributed by atoms with Crippen molar-refractivity contribution in [1.82, 2.24) is 24.5 Å². The lowest BCUT2D eigenvalue weighted by atomic mass is 10.4. The minimum atomic E-state index is -3.59. The number of nitrogens with one attached hydrogen (secondary N) is 2. The third-order valence-electron chi connectivity index (χ3n) is 3.90. The van der Waals surface area contributed by atoms with Gasteiger partial charge in [-0.15, -0.1) is 0 Å². The number of aromatic nitrogens is 4. The predicted octanol–water partition coefficient (Wildman–Crippen LogP) is 2.74. The fraction of sp³-hybridized carbons (Fsp3) is 0.278. The Morgan fingerprint density at radius 3 is 2.50 bits per heavy atom. The second kappa shape index (κ2) is 8.38. The van der Waals surface area contributed by atoms with Crippen LogP contribution in [0.5, 0.6) is 0 Å². The van der Waals surface area contributed by atoms with E-state index in [0.29, 0.717) is 28.5 Å². The van der Waals surface area contributed by atoms with Crippen molar-refractivity contribution in [2.24, 2.45) is 0 Å². The van der Waals surface area contributed by atoms with Crippen LogP contribution in [-0.4, -0.2) is 41.3 Å². The number of hydrogen-bond acceptors (Lipinski definition) is 6. The van der Waals surface area contributed by atoms with Gasteiger partial charge in [0.1, 0.15) is 11.6 Å². The number of hydrogen-bond donors (Lipinski definition) is 2. The lowest BCUT2D eigenvalue weighted by molar-refractivity contribution is 0.582. The van der Waals surface area contributed by atoms with E-state index < -0.39 is 10.0 Å². The lowest BCUT2D eigenvalue weighted by Crippen LogP contribution is -2.29. The van der Waals surface area contributed by atoms with Crippen LogP contribution in [0, 0.1) is 20.8 Å². The quantitative estimate of drug-likeness (QED) is 0.521. The average molecular weight is 465 g/mol. The Hall–Kier alpha value is -2.30. The Balaban J connectivity index is 1.65. The normalized spacial score (nSPS) is 11.6. The molecule has 0 saturated carbocycles. The highest BCUT2D eigenvalue weighted by atomic mass is 79.9. The first-order chi connectivity index (χ1) is 13.3. The maximum absolute atomic E-state index is 12.4. The highest BCUT2D eigenvalue weighted by Gasteiger charge is 2.16. The van der Waals surface area contributed by atoms with Crippen LogP contribution in [0.1, 0.15) is 17.2 Å². The molecule has 0 spiro atoms. The molecule has 0 bridgehead atoms. The summed E-state index contributed by atoms with van der Waals surface area (Å²) >= 11 is 3.26. The molecule has 2 aromatic heterocycles. The Kier molecular flexibility index (Phi) is 6.11. The minimum absolute atomic E-state index is 0.208. The smallest absolute Gasteiger partial charge is 0.241 e. The number of aryl methyl sites for hydroxylation is 3. The summed E-state index contributed by atoms with van der Waals surface area (Å²) < 4.78 is 29.6. The standard InChI is InChI=1S/C18H21BrN6O2S/c1-12-10-13(2)25(24-12)18-11-17(22-14(3)23-18)20-8-9-21-28(26,27)16-7-5-4-6-15(16)19/h4-7,10-11,21H,8-9H2,1-3H3,(H,20,22,23). The second-order valence-corrected chi connectivity index (χ2v) is 8.84. The van der Waals surface area contributed by atoms with Crippen molar-refractivity contribution < 1.29 is 8.42 Å². The van der Waals surface area contributed by atoms with Crippen LogP contribution >= 0.6 is 15.9 Å². The molecular weight excluding hydrogens is 444 g/mol. The SMILES string of the molecule is Cc1cc(C)n(-c2cc(NCCNS(=O)(=O)c3ccccc3Br)nc(C)n2)n1. The van der Waals surface area contributed by atoms with Crippen LogP contribution in [0.25, 0.3) is 5.82 Å². The highest BCUT2D eigenvalue weighted by Crippen LogP contribution is 2.20. The molecule has 3 aromatic rings. The van der Waals surface area contributed by atoms with E-state index in [1.165, 1.54) is 0 Å². The number of anilines is 1. The van der Waals surface area contributed by atoms with Gasteiger partial charge < -0.3 is 5.32 Å². The van der Waals surface area contributed by atoms with Crippen molar-refractivity contribution in [2.75, 3.05) is 18.4 Å². The predicted molar refractivity (Wildman–Crippen MR) is 111 cm³/mol. The maximum Gasteiger partial charge on any atom is 0.241 e. The zero-order valence-corrected chi connectivity index (χ0v) is 18.2. The van der Waals surface area contributed by atoms with Crippen molar-refractivity contribution in [2.45, 2.75) is 25.7 Å². The number of nitrogens with zero attached hydrogens (tertiary/aromatic N) is 4. The molecule has 0 aliphatic rings. The molecule has 0 radical (unpaired) electrons. The third-order valence-corrected chi connectivity index (χ3v) is 6.37. The number of halogens is 1. The molecule has 0 unspecified atom stereocenters. The summed E-state index contributed by atoms with van der Waals surface area (Å²) in [6.45, 7) is 6.27. The molecule has 0 fully saturated rings. The van der Waals surface area contributed by atoms with E-state index in [4.69, 9.17) is 0 Å². The molecule has 2 N–H and O–H groups in total. The van der Waals surface area contributed by atoms with Crippen LogP contribution in [0.3, 0.4) is 0 Å². The van der Waals surface area contributed by atoms with Gasteiger partial charge in [-0.05, 0) is 54.9 Å². The molecule has 0 aliphatic carbocycles. The van der Waals surface area contributed by atoms with Gasteiger partial charge in [0.05, 0.1) is 10.6 Å². The molecule has 2 heterocycles. The molecule has 0 atom stereocenters. The summed E-state index contributed by atoms with van der Waals surface area (Å²) in [6, 6.07) is 10.4. The third kappa shape index (κ3) is 4.75. The van der Waals surface area contributed by atoms with Gasteiger partial charge in [0.15, 0.2) is 5.82 Å². The van der Waals surface area contributed by atoms with Gasteiger partial charge in [-0.2, -0.15) is 5.10 Å². The first-order valence-electron chi connectivity index (χ1n) is 8.63. The van der Waals surface area contributed by atoms with Gasteiger partial charge in [0, 0.05) is 29.3 Å². The minimum Gasteiger partial charge on any atom is -0.369 e. The molecule has 0 saturated heterocycles. The molecule has 8 nitrogen and oxygen atoms in total. The molecule has 0 amide bonds. The van der Waals surface area contributed by atoms with E-state index >= 15 is 0 Å². The van der Waals surface area contributed by atoms with Crippen LogP contribution in [0.2, 0.25) is 0 Å². The van der Waals surface area contributed by atoms with E-state index in [0.717, 1.165) is 11.4 Å². The fourth-order valence-electron chi connectivity index (χ4n) is 2.73. The van der Waals surface area contributed by atoms with Gasteiger partial charge in [0.25, 0.3) is 0 Å². The highest BCUT2D eigenvalue weighted by molar-refractivity contribution is 9.10. The summed E-state index contributed by atoms with van der Waals surface area (Å²) in [4.78, 5) is 8.99. The van der Waals surface area contributed by atoms with Gasteiger partial charge in [-0.1, -0.05) is 12.1 Å². The van der Waals surface area contributed by atoms with Crippen LogP contribution in [-0.2, 0) is 10.0 Å². The van der Waals surface area contributed by atoms with Crippen molar-refractivity contribution >= 4 is 31.8 Å². The topological polar surface area (TPSA) is 102 Å². The van der Waals surface area contributed by atoms with Crippen molar-refractivity contribution in [3.05, 3.63) is 58.1 Å². The summed E-state index contributed by atoms with van der Waals surface area (Å²) in [5.74, 6) is 1.87. The molecule has 3 rings (SSSR count). The van der Waals surface area contributed by atoms with E-state index in [2.05, 4.69) is 41.0 Å². The lowest BCUT2D eigenvalue weighted by Gasteiger charge is -2.11. The maximum atomic E-state index is 12.4. The molecule has 0 aliphatic heterocycles. The van der Waals surface area contributed by atoms with Gasteiger partial charge >= 0.3 is 0 Å². The van der Waals surface area contributed by atoms with Gasteiger partial charge in [-0.3, -0.25) is 0 Å². The Morgan fingerprint density at radius 2 is 1.82 bits per heavy atom. The van der Waals surface area contributed by atoms with E-state index in [1.54, 1.807) is 41.9 Å². The van der Waals surface area contributed by atoms with Crippen LogP contribution in [0.4, 0.5) is 5.82 Å². The van der Waals surface area contributed by atoms with Crippen LogP contribution in [0.15, 0.2) is 45.8 Å². The Morgan fingerprint density at radius 1 is 1.07 bits per heavy atom. The van der Waals surface area contributed by atoms with E-state index in [9.17, 15) is 8.42 Å². The largest absolute Gasteiger partial charge is 0.369 e. The fourth-order valence-corrected chi connectivity index (χ4v) is 4.76. The van der Waals surface area contributed by atoms with Crippen molar-refractivity contribution in [3.8, 4) is 5.82 Å². The monoisotopic (exact) mass is 464 g/mol. The molecule has 10 heteroatoms. The van der Waals surface area contributed by atoms with E-state index in [1.807, 2.05) is 19.9 Å². The van der Waals surface area contributed by atoms with Crippen molar-refractivity contribution in [1.29, 1.82) is 0 Å².